The third-order valence-corrected chi connectivity index (χ3v) is 6.39. The Labute approximate surface area is 215 Å². The SMILES string of the molecule is C=C(F)C(=O)Nc1ccc(-c2c3c4c(ncnc4n2C)NCc2c-3ccc(Oc3ccccn3)c2F)cc1. The molecule has 0 bridgehead atoms. The van der Waals surface area contributed by atoms with Crippen molar-refractivity contribution in [1.82, 2.24) is 19.5 Å². The molecular formula is C28H20F2N6O2. The van der Waals surface area contributed by atoms with Crippen molar-refractivity contribution in [3.63, 3.8) is 0 Å². The number of anilines is 2. The molecule has 0 radical (unpaired) electrons. The lowest BCUT2D eigenvalue weighted by Crippen LogP contribution is -2.10. The van der Waals surface area contributed by atoms with Crippen LogP contribution in [0.2, 0.25) is 0 Å². The molecule has 2 N–H and O–H groups in total. The number of nitrogens with one attached hydrogen (secondary N) is 2. The van der Waals surface area contributed by atoms with Gasteiger partial charge in [0, 0.05) is 42.7 Å². The van der Waals surface area contributed by atoms with Crippen LogP contribution in [0.1, 0.15) is 5.56 Å². The number of hydrogen-bond acceptors (Lipinski definition) is 6. The van der Waals surface area contributed by atoms with Gasteiger partial charge < -0.3 is 19.9 Å². The summed E-state index contributed by atoms with van der Waals surface area (Å²) < 4.78 is 36.7. The molecule has 10 heteroatoms. The predicted molar refractivity (Wildman–Crippen MR) is 140 cm³/mol. The molecule has 1 aliphatic rings. The number of rotatable bonds is 5. The van der Waals surface area contributed by atoms with Gasteiger partial charge in [-0.3, -0.25) is 4.79 Å². The van der Waals surface area contributed by atoms with Crippen LogP contribution in [0.15, 0.2) is 79.5 Å². The Hall–Kier alpha value is -5.12. The van der Waals surface area contributed by atoms with E-state index < -0.39 is 17.6 Å². The van der Waals surface area contributed by atoms with Crippen LogP contribution in [0.5, 0.6) is 11.6 Å². The van der Waals surface area contributed by atoms with Crippen LogP contribution >= 0.6 is 0 Å². The second-order valence-electron chi connectivity index (χ2n) is 8.67. The van der Waals surface area contributed by atoms with E-state index in [0.717, 1.165) is 22.2 Å². The van der Waals surface area contributed by atoms with E-state index in [2.05, 4.69) is 32.2 Å². The first-order chi connectivity index (χ1) is 18.4. The first kappa shape index (κ1) is 23.3. The molecule has 3 aromatic heterocycles. The lowest BCUT2D eigenvalue weighted by Gasteiger charge is -2.15. The van der Waals surface area contributed by atoms with E-state index in [1.165, 1.54) is 6.33 Å². The molecule has 0 unspecified atom stereocenters. The van der Waals surface area contributed by atoms with E-state index in [9.17, 15) is 9.18 Å². The van der Waals surface area contributed by atoms with Crippen LogP contribution in [0.3, 0.4) is 0 Å². The molecule has 0 aliphatic carbocycles. The Kier molecular flexibility index (Phi) is 5.56. The molecule has 2 aromatic carbocycles. The fourth-order valence-corrected chi connectivity index (χ4v) is 4.68. The van der Waals surface area contributed by atoms with Crippen LogP contribution < -0.4 is 15.4 Å². The van der Waals surface area contributed by atoms with Crippen molar-refractivity contribution in [1.29, 1.82) is 0 Å². The van der Waals surface area contributed by atoms with Crippen molar-refractivity contribution in [3.8, 4) is 34.0 Å². The lowest BCUT2D eigenvalue weighted by molar-refractivity contribution is -0.114. The van der Waals surface area contributed by atoms with E-state index in [1.54, 1.807) is 54.7 Å². The molecule has 4 heterocycles. The fraction of sp³-hybridized carbons (Fsp3) is 0.0714. The number of benzene rings is 2. The van der Waals surface area contributed by atoms with Gasteiger partial charge in [-0.05, 0) is 35.4 Å². The van der Waals surface area contributed by atoms with Crippen LogP contribution in [0.25, 0.3) is 33.4 Å². The zero-order chi connectivity index (χ0) is 26.4. The average Bonchev–Trinajstić information content (AvgIpc) is 3.11. The molecule has 1 aliphatic heterocycles. The molecule has 8 nitrogen and oxygen atoms in total. The maximum Gasteiger partial charge on any atom is 0.283 e. The number of amides is 1. The topological polar surface area (TPSA) is 94.0 Å². The number of hydrogen-bond donors (Lipinski definition) is 2. The molecule has 38 heavy (non-hydrogen) atoms. The summed E-state index contributed by atoms with van der Waals surface area (Å²) in [4.78, 5) is 24.7. The average molecular weight is 511 g/mol. The molecule has 6 rings (SSSR count). The van der Waals surface area contributed by atoms with Crippen LogP contribution in [0, 0.1) is 5.82 Å². The maximum absolute atomic E-state index is 15.9. The van der Waals surface area contributed by atoms with Crippen LogP contribution in [-0.2, 0) is 18.4 Å². The number of nitrogens with zero attached hydrogens (tertiary/aromatic N) is 4. The molecular weight excluding hydrogens is 490 g/mol. The number of carbonyl (C=O) groups excluding carboxylic acids is 1. The van der Waals surface area contributed by atoms with Gasteiger partial charge >= 0.3 is 0 Å². The molecule has 0 saturated heterocycles. The van der Waals surface area contributed by atoms with E-state index in [-0.39, 0.29) is 18.2 Å². The summed E-state index contributed by atoms with van der Waals surface area (Å²) in [6.45, 7) is 3.20. The van der Waals surface area contributed by atoms with Gasteiger partial charge in [-0.15, -0.1) is 0 Å². The highest BCUT2D eigenvalue weighted by molar-refractivity contribution is 6.09. The van der Waals surface area contributed by atoms with Gasteiger partial charge in [-0.25, -0.2) is 23.7 Å². The first-order valence-corrected chi connectivity index (χ1v) is 11.7. The Morgan fingerprint density at radius 3 is 2.66 bits per heavy atom. The molecule has 1 amide bonds. The van der Waals surface area contributed by atoms with Crippen molar-refractivity contribution >= 4 is 28.4 Å². The van der Waals surface area contributed by atoms with Gasteiger partial charge in [0.2, 0.25) is 5.88 Å². The quantitative estimate of drug-likeness (QED) is 0.283. The highest BCUT2D eigenvalue weighted by Crippen LogP contribution is 2.46. The minimum atomic E-state index is -1.08. The summed E-state index contributed by atoms with van der Waals surface area (Å²) in [5, 5.41) is 6.45. The lowest BCUT2D eigenvalue weighted by atomic mass is 9.95. The van der Waals surface area contributed by atoms with Crippen molar-refractivity contribution in [3.05, 3.63) is 90.9 Å². The Bertz CT molecular complexity index is 1730. The predicted octanol–water partition coefficient (Wildman–Crippen LogP) is 5.98. The van der Waals surface area contributed by atoms with Crippen LogP contribution in [-0.4, -0.2) is 25.4 Å². The highest BCUT2D eigenvalue weighted by Gasteiger charge is 2.29. The van der Waals surface area contributed by atoms with Crippen molar-refractivity contribution in [2.45, 2.75) is 6.54 Å². The van der Waals surface area contributed by atoms with Crippen molar-refractivity contribution in [2.24, 2.45) is 7.05 Å². The summed E-state index contributed by atoms with van der Waals surface area (Å²) >= 11 is 0. The third kappa shape index (κ3) is 3.83. The molecule has 0 atom stereocenters. The normalized spacial score (nSPS) is 11.9. The zero-order valence-electron chi connectivity index (χ0n) is 20.1. The summed E-state index contributed by atoms with van der Waals surface area (Å²) in [7, 11) is 1.87. The minimum Gasteiger partial charge on any atom is -0.436 e. The monoisotopic (exact) mass is 510 g/mol. The second kappa shape index (κ2) is 9.07. The van der Waals surface area contributed by atoms with Crippen molar-refractivity contribution in [2.75, 3.05) is 10.6 Å². The Balaban J connectivity index is 1.51. The molecule has 0 saturated carbocycles. The minimum absolute atomic E-state index is 0.0598. The molecule has 0 fully saturated rings. The third-order valence-electron chi connectivity index (χ3n) is 6.39. The second-order valence-corrected chi connectivity index (χ2v) is 8.67. The number of carbonyl (C=O) groups is 1. The Morgan fingerprint density at radius 1 is 1.11 bits per heavy atom. The van der Waals surface area contributed by atoms with Gasteiger partial charge in [0.15, 0.2) is 17.4 Å². The zero-order valence-corrected chi connectivity index (χ0v) is 20.1. The van der Waals surface area contributed by atoms with Gasteiger partial charge in [-0.2, -0.15) is 0 Å². The summed E-state index contributed by atoms with van der Waals surface area (Å²) in [6.07, 6.45) is 3.04. The van der Waals surface area contributed by atoms with Gasteiger partial charge in [0.05, 0.1) is 11.1 Å². The fourth-order valence-electron chi connectivity index (χ4n) is 4.68. The number of ether oxygens (including phenoxy) is 1. The summed E-state index contributed by atoms with van der Waals surface area (Å²) in [5.74, 6) is -1.56. The standard InChI is InChI=1S/C28H20F2N6O2/c1-15(29)28(37)35-17-8-6-16(7-9-17)25-22-18-10-11-20(38-21-5-3-4-12-31-21)24(30)19(18)13-32-26-23(22)27(36(25)2)34-14-33-26/h3-12,14H,1,13H2,2H3,(H,35,37)(H,32,33,34). The van der Waals surface area contributed by atoms with Gasteiger partial charge in [-0.1, -0.05) is 30.8 Å². The molecule has 5 aromatic rings. The first-order valence-electron chi connectivity index (χ1n) is 11.7. The number of halogens is 2. The van der Waals surface area contributed by atoms with E-state index in [4.69, 9.17) is 4.74 Å². The highest BCUT2D eigenvalue weighted by atomic mass is 19.1. The molecule has 188 valence electrons. The summed E-state index contributed by atoms with van der Waals surface area (Å²) in [6, 6.07) is 15.5. The smallest absolute Gasteiger partial charge is 0.283 e. The molecule has 0 spiro atoms. The van der Waals surface area contributed by atoms with Crippen LogP contribution in [0.4, 0.5) is 20.3 Å². The Morgan fingerprint density at radius 2 is 1.92 bits per heavy atom. The summed E-state index contributed by atoms with van der Waals surface area (Å²) in [5.41, 5.74) is 4.48. The van der Waals surface area contributed by atoms with E-state index >= 15 is 4.39 Å². The van der Waals surface area contributed by atoms with E-state index in [0.29, 0.717) is 28.3 Å². The maximum atomic E-state index is 15.9. The van der Waals surface area contributed by atoms with Crippen molar-refractivity contribution < 1.29 is 18.3 Å². The number of fused-ring (bicyclic) bond motifs is 2. The number of aromatic nitrogens is 4. The largest absolute Gasteiger partial charge is 0.436 e. The van der Waals surface area contributed by atoms with Gasteiger partial charge in [0.25, 0.3) is 5.91 Å². The number of pyridine rings is 1. The van der Waals surface area contributed by atoms with E-state index in [1.807, 2.05) is 17.7 Å². The number of aryl methyl sites for hydroxylation is 1. The van der Waals surface area contributed by atoms with Gasteiger partial charge in [0.1, 0.15) is 17.8 Å².